The molecule has 1 aromatic carbocycles. The molecule has 0 aromatic heterocycles. The molecular formula is C13H14N2O. The van der Waals surface area contributed by atoms with Gasteiger partial charge in [-0.25, -0.2) is 0 Å². The zero-order valence-corrected chi connectivity index (χ0v) is 9.05. The molecule has 0 saturated heterocycles. The number of rotatable bonds is 2. The van der Waals surface area contributed by atoms with Crippen LogP contribution in [0.3, 0.4) is 0 Å². The highest BCUT2D eigenvalue weighted by Gasteiger charge is 2.16. The first kappa shape index (κ1) is 10.7. The predicted octanol–water partition coefficient (Wildman–Crippen LogP) is 0.695. The number of nitrogens with one attached hydrogen (secondary N) is 2. The van der Waals surface area contributed by atoms with Crippen molar-refractivity contribution in [3.63, 3.8) is 0 Å². The average molecular weight is 214 g/mol. The summed E-state index contributed by atoms with van der Waals surface area (Å²) in [6.07, 6.45) is 6.02. The van der Waals surface area contributed by atoms with E-state index in [1.165, 1.54) is 5.56 Å². The van der Waals surface area contributed by atoms with Crippen molar-refractivity contribution >= 4 is 5.91 Å². The van der Waals surface area contributed by atoms with Gasteiger partial charge < -0.3 is 10.6 Å². The van der Waals surface area contributed by atoms with Crippen molar-refractivity contribution in [1.82, 2.24) is 10.6 Å². The summed E-state index contributed by atoms with van der Waals surface area (Å²) in [6, 6.07) is 5.83. The minimum atomic E-state index is -0.0725. The second kappa shape index (κ2) is 4.82. The van der Waals surface area contributed by atoms with Crippen LogP contribution in [-0.4, -0.2) is 19.0 Å². The third kappa shape index (κ3) is 2.07. The Bertz CT molecular complexity index is 446. The van der Waals surface area contributed by atoms with E-state index in [2.05, 4.69) is 22.6 Å². The molecule has 82 valence electrons. The molecule has 2 N–H and O–H groups in total. The van der Waals surface area contributed by atoms with Crippen molar-refractivity contribution in [2.45, 2.75) is 13.0 Å². The van der Waals surface area contributed by atoms with Crippen LogP contribution < -0.4 is 10.6 Å². The van der Waals surface area contributed by atoms with Crippen LogP contribution in [0.15, 0.2) is 18.2 Å². The third-order valence-electron chi connectivity index (χ3n) is 2.74. The Morgan fingerprint density at radius 1 is 1.56 bits per heavy atom. The summed E-state index contributed by atoms with van der Waals surface area (Å²) in [5, 5.41) is 5.99. The van der Waals surface area contributed by atoms with Crippen molar-refractivity contribution in [1.29, 1.82) is 0 Å². The Labute approximate surface area is 95.2 Å². The largest absolute Gasteiger partial charge is 0.341 e. The Balaban J connectivity index is 2.27. The first-order valence-corrected chi connectivity index (χ1v) is 5.36. The summed E-state index contributed by atoms with van der Waals surface area (Å²) >= 11 is 0. The van der Waals surface area contributed by atoms with E-state index >= 15 is 0 Å². The molecule has 1 heterocycles. The number of terminal acetylenes is 1. The molecule has 0 unspecified atom stereocenters. The molecule has 3 nitrogen and oxygen atoms in total. The highest BCUT2D eigenvalue weighted by atomic mass is 16.1. The summed E-state index contributed by atoms with van der Waals surface area (Å²) in [5.41, 5.74) is 3.12. The molecule has 0 saturated carbocycles. The first-order valence-electron chi connectivity index (χ1n) is 5.36. The maximum absolute atomic E-state index is 11.8. The monoisotopic (exact) mass is 214 g/mol. The highest BCUT2D eigenvalue weighted by molar-refractivity contribution is 5.96. The van der Waals surface area contributed by atoms with E-state index in [4.69, 9.17) is 6.42 Å². The molecule has 1 aliphatic heterocycles. The molecule has 0 fully saturated rings. The lowest BCUT2D eigenvalue weighted by atomic mass is 9.95. The van der Waals surface area contributed by atoms with Gasteiger partial charge in [-0.15, -0.1) is 6.42 Å². The van der Waals surface area contributed by atoms with Crippen LogP contribution in [-0.2, 0) is 13.0 Å². The van der Waals surface area contributed by atoms with E-state index in [-0.39, 0.29) is 12.5 Å². The van der Waals surface area contributed by atoms with E-state index in [1.54, 1.807) is 0 Å². The topological polar surface area (TPSA) is 41.1 Å². The van der Waals surface area contributed by atoms with Crippen LogP contribution >= 0.6 is 0 Å². The molecule has 3 heteroatoms. The molecule has 1 aromatic rings. The van der Waals surface area contributed by atoms with Gasteiger partial charge in [0.25, 0.3) is 5.91 Å². The van der Waals surface area contributed by atoms with Gasteiger partial charge in [-0.1, -0.05) is 18.1 Å². The fourth-order valence-corrected chi connectivity index (χ4v) is 1.97. The molecule has 1 amide bonds. The van der Waals surface area contributed by atoms with E-state index < -0.39 is 0 Å². The molecule has 0 bridgehead atoms. The zero-order chi connectivity index (χ0) is 11.4. The predicted molar refractivity (Wildman–Crippen MR) is 63.0 cm³/mol. The Hall–Kier alpha value is -1.79. The highest BCUT2D eigenvalue weighted by Crippen LogP contribution is 2.18. The average Bonchev–Trinajstić information content (AvgIpc) is 2.35. The van der Waals surface area contributed by atoms with Gasteiger partial charge in [-0.3, -0.25) is 4.79 Å². The van der Waals surface area contributed by atoms with Gasteiger partial charge in [-0.05, 0) is 30.2 Å². The smallest absolute Gasteiger partial charge is 0.252 e. The van der Waals surface area contributed by atoms with Gasteiger partial charge >= 0.3 is 0 Å². The number of amides is 1. The fourth-order valence-electron chi connectivity index (χ4n) is 1.97. The Morgan fingerprint density at radius 3 is 3.25 bits per heavy atom. The van der Waals surface area contributed by atoms with Gasteiger partial charge in [0, 0.05) is 12.1 Å². The fraction of sp³-hybridized carbons (Fsp3) is 0.308. The van der Waals surface area contributed by atoms with Crippen LogP contribution in [0.5, 0.6) is 0 Å². The lowest BCUT2D eigenvalue weighted by Gasteiger charge is -2.19. The van der Waals surface area contributed by atoms with E-state index in [0.717, 1.165) is 30.6 Å². The summed E-state index contributed by atoms with van der Waals surface area (Å²) in [6.45, 7) is 2.04. The van der Waals surface area contributed by atoms with Crippen molar-refractivity contribution in [2.24, 2.45) is 0 Å². The lowest BCUT2D eigenvalue weighted by Crippen LogP contribution is -2.29. The van der Waals surface area contributed by atoms with E-state index in [0.29, 0.717) is 0 Å². The van der Waals surface area contributed by atoms with Crippen molar-refractivity contribution in [2.75, 3.05) is 13.1 Å². The molecule has 0 atom stereocenters. The molecule has 0 aliphatic carbocycles. The maximum atomic E-state index is 11.8. The van der Waals surface area contributed by atoms with E-state index in [1.807, 2.05) is 12.1 Å². The number of carbonyl (C=O) groups is 1. The number of benzene rings is 1. The summed E-state index contributed by atoms with van der Waals surface area (Å²) < 4.78 is 0. The lowest BCUT2D eigenvalue weighted by molar-refractivity contribution is 0.0957. The van der Waals surface area contributed by atoms with Gasteiger partial charge in [0.1, 0.15) is 0 Å². The van der Waals surface area contributed by atoms with Gasteiger partial charge in [0.2, 0.25) is 0 Å². The second-order valence-electron chi connectivity index (χ2n) is 3.76. The molecule has 2 rings (SSSR count). The van der Waals surface area contributed by atoms with Crippen LogP contribution in [0.2, 0.25) is 0 Å². The molecule has 0 spiro atoms. The van der Waals surface area contributed by atoms with Crippen LogP contribution in [0.1, 0.15) is 21.5 Å². The van der Waals surface area contributed by atoms with E-state index in [9.17, 15) is 4.79 Å². The number of carbonyl (C=O) groups excluding carboxylic acids is 1. The standard InChI is InChI=1S/C13H14N2O/c1-2-7-15-13(16)12-5-3-4-10-9-14-8-6-11(10)12/h1,3-5,14H,6-9H2,(H,15,16). The summed E-state index contributed by atoms with van der Waals surface area (Å²) in [5.74, 6) is 2.33. The van der Waals surface area contributed by atoms with Crippen LogP contribution in [0, 0.1) is 12.3 Å². The van der Waals surface area contributed by atoms with Crippen LogP contribution in [0.4, 0.5) is 0 Å². The van der Waals surface area contributed by atoms with Crippen molar-refractivity contribution in [3.8, 4) is 12.3 Å². The number of hydrogen-bond acceptors (Lipinski definition) is 2. The number of hydrogen-bond donors (Lipinski definition) is 2. The Kier molecular flexibility index (Phi) is 3.23. The van der Waals surface area contributed by atoms with Gasteiger partial charge in [0.05, 0.1) is 6.54 Å². The van der Waals surface area contributed by atoms with Gasteiger partial charge in [0.15, 0.2) is 0 Å². The molecule has 0 radical (unpaired) electrons. The SMILES string of the molecule is C#CCNC(=O)c1cccc2c1CCNC2. The first-order chi connectivity index (χ1) is 7.83. The molecule has 1 aliphatic rings. The summed E-state index contributed by atoms with van der Waals surface area (Å²) in [7, 11) is 0. The number of fused-ring (bicyclic) bond motifs is 1. The zero-order valence-electron chi connectivity index (χ0n) is 9.05. The summed E-state index contributed by atoms with van der Waals surface area (Å²) in [4.78, 5) is 11.8. The Morgan fingerprint density at radius 2 is 2.44 bits per heavy atom. The quantitative estimate of drug-likeness (QED) is 0.711. The van der Waals surface area contributed by atoms with Crippen molar-refractivity contribution in [3.05, 3.63) is 34.9 Å². The van der Waals surface area contributed by atoms with Crippen LogP contribution in [0.25, 0.3) is 0 Å². The minimum absolute atomic E-state index is 0.0725. The second-order valence-corrected chi connectivity index (χ2v) is 3.76. The third-order valence-corrected chi connectivity index (χ3v) is 2.74. The molecular weight excluding hydrogens is 200 g/mol. The minimum Gasteiger partial charge on any atom is -0.341 e. The van der Waals surface area contributed by atoms with Crippen molar-refractivity contribution < 1.29 is 4.79 Å². The van der Waals surface area contributed by atoms with Gasteiger partial charge in [-0.2, -0.15) is 0 Å². The normalized spacial score (nSPS) is 13.7. The molecule has 16 heavy (non-hydrogen) atoms. The maximum Gasteiger partial charge on any atom is 0.252 e.